The molecule has 0 heterocycles. The Morgan fingerprint density at radius 3 is 2.38 bits per heavy atom. The van der Waals surface area contributed by atoms with Crippen LogP contribution in [0, 0.1) is 0 Å². The number of benzene rings is 1. The Kier molecular flexibility index (Phi) is 3.54. The van der Waals surface area contributed by atoms with Gasteiger partial charge in [0.15, 0.2) is 0 Å². The topological polar surface area (TPSA) is 69.1 Å². The van der Waals surface area contributed by atoms with Crippen LogP contribution in [0.5, 0.6) is 0 Å². The molecule has 16 heavy (non-hydrogen) atoms. The normalized spacial score (nSPS) is 13.5. The fourth-order valence-corrected chi connectivity index (χ4v) is 1.41. The molecule has 1 aromatic rings. The number of hydrogen-bond acceptors (Lipinski definition) is 2. The van der Waals surface area contributed by atoms with Gasteiger partial charge in [0.1, 0.15) is 0 Å². The van der Waals surface area contributed by atoms with Crippen molar-refractivity contribution in [2.24, 2.45) is 11.5 Å². The molecule has 0 unspecified atom stereocenters. The van der Waals surface area contributed by atoms with Crippen molar-refractivity contribution in [3.8, 4) is 0 Å². The van der Waals surface area contributed by atoms with Crippen molar-refractivity contribution in [1.29, 1.82) is 0 Å². The van der Waals surface area contributed by atoms with E-state index in [4.69, 9.17) is 11.5 Å². The summed E-state index contributed by atoms with van der Waals surface area (Å²) in [6.45, 7) is 0. The molecule has 0 radical (unpaired) electrons. The van der Waals surface area contributed by atoms with E-state index >= 15 is 0 Å². The van der Waals surface area contributed by atoms with E-state index in [2.05, 4.69) is 0 Å². The van der Waals surface area contributed by atoms with Crippen LogP contribution in [0.25, 0.3) is 0 Å². The predicted octanol–water partition coefficient (Wildman–Crippen LogP) is 1.58. The van der Waals surface area contributed by atoms with E-state index < -0.39 is 23.7 Å². The second-order valence-corrected chi connectivity index (χ2v) is 3.36. The van der Waals surface area contributed by atoms with Crippen LogP contribution < -0.4 is 11.5 Å². The molecule has 0 spiro atoms. The highest BCUT2D eigenvalue weighted by molar-refractivity contribution is 5.74. The third-order valence-corrected chi connectivity index (χ3v) is 2.09. The van der Waals surface area contributed by atoms with Crippen LogP contribution in [0.2, 0.25) is 0 Å². The average molecular weight is 232 g/mol. The maximum Gasteiger partial charge on any atom is 0.416 e. The number of alkyl halides is 3. The van der Waals surface area contributed by atoms with E-state index in [1.54, 1.807) is 0 Å². The Morgan fingerprint density at radius 1 is 1.31 bits per heavy atom. The first-order chi connectivity index (χ1) is 7.32. The summed E-state index contributed by atoms with van der Waals surface area (Å²) in [6.07, 6.45) is -4.79. The van der Waals surface area contributed by atoms with Gasteiger partial charge >= 0.3 is 6.18 Å². The maximum atomic E-state index is 12.6. The first-order valence-corrected chi connectivity index (χ1v) is 4.52. The van der Waals surface area contributed by atoms with Gasteiger partial charge < -0.3 is 11.5 Å². The van der Waals surface area contributed by atoms with E-state index in [0.29, 0.717) is 0 Å². The number of halogens is 3. The molecule has 1 rings (SSSR count). The number of rotatable bonds is 3. The van der Waals surface area contributed by atoms with Crippen molar-refractivity contribution in [2.45, 2.75) is 18.6 Å². The number of amides is 1. The lowest BCUT2D eigenvalue weighted by Gasteiger charge is -2.16. The molecular weight excluding hydrogens is 221 g/mol. The summed E-state index contributed by atoms with van der Waals surface area (Å²) in [6, 6.07) is 3.84. The summed E-state index contributed by atoms with van der Waals surface area (Å²) in [5.74, 6) is -0.732. The van der Waals surface area contributed by atoms with Crippen molar-refractivity contribution in [3.63, 3.8) is 0 Å². The first kappa shape index (κ1) is 12.5. The van der Waals surface area contributed by atoms with E-state index in [9.17, 15) is 18.0 Å². The second-order valence-electron chi connectivity index (χ2n) is 3.36. The van der Waals surface area contributed by atoms with Gasteiger partial charge in [-0.2, -0.15) is 13.2 Å². The fourth-order valence-electron chi connectivity index (χ4n) is 1.41. The Balaban J connectivity index is 3.08. The van der Waals surface area contributed by atoms with E-state index in [0.717, 1.165) is 6.07 Å². The lowest BCUT2D eigenvalue weighted by molar-refractivity contribution is -0.138. The molecule has 0 saturated heterocycles. The van der Waals surface area contributed by atoms with Gasteiger partial charge in [0.25, 0.3) is 0 Å². The van der Waals surface area contributed by atoms with Gasteiger partial charge in [-0.15, -0.1) is 0 Å². The van der Waals surface area contributed by atoms with Crippen LogP contribution >= 0.6 is 0 Å². The Labute approximate surface area is 90.2 Å². The van der Waals surface area contributed by atoms with Gasteiger partial charge in [0.2, 0.25) is 5.91 Å². The maximum absolute atomic E-state index is 12.6. The predicted molar refractivity (Wildman–Crippen MR) is 52.2 cm³/mol. The highest BCUT2D eigenvalue weighted by Crippen LogP contribution is 2.34. The summed E-state index contributed by atoms with van der Waals surface area (Å²) in [7, 11) is 0. The van der Waals surface area contributed by atoms with Gasteiger partial charge in [-0.25, -0.2) is 0 Å². The summed E-state index contributed by atoms with van der Waals surface area (Å²) < 4.78 is 37.7. The standard InChI is InChI=1S/C10H11F3N2O/c11-10(12,13)7-4-2-1-3-6(7)8(14)5-9(15)16/h1-4,8H,5,14H2,(H2,15,16)/t8-/m1/s1. The molecule has 0 aliphatic rings. The van der Waals surface area contributed by atoms with Gasteiger partial charge in [-0.3, -0.25) is 4.79 Å². The molecule has 0 saturated carbocycles. The number of carbonyl (C=O) groups is 1. The molecule has 6 heteroatoms. The molecule has 1 aromatic carbocycles. The molecule has 4 N–H and O–H groups in total. The zero-order valence-electron chi connectivity index (χ0n) is 8.29. The number of carbonyl (C=O) groups excluding carboxylic acids is 1. The lowest BCUT2D eigenvalue weighted by atomic mass is 9.98. The van der Waals surface area contributed by atoms with Crippen LogP contribution in [0.4, 0.5) is 13.2 Å². The molecule has 1 amide bonds. The fraction of sp³-hybridized carbons (Fsp3) is 0.300. The summed E-state index contributed by atoms with van der Waals surface area (Å²) in [5.41, 5.74) is 9.44. The number of hydrogen-bond donors (Lipinski definition) is 2. The molecular formula is C10H11F3N2O. The van der Waals surface area contributed by atoms with Crippen molar-refractivity contribution in [1.82, 2.24) is 0 Å². The first-order valence-electron chi connectivity index (χ1n) is 4.52. The van der Waals surface area contributed by atoms with Crippen LogP contribution in [-0.2, 0) is 11.0 Å². The third kappa shape index (κ3) is 2.96. The summed E-state index contributed by atoms with van der Waals surface area (Å²) >= 11 is 0. The highest BCUT2D eigenvalue weighted by atomic mass is 19.4. The van der Waals surface area contributed by atoms with Crippen molar-refractivity contribution >= 4 is 5.91 Å². The zero-order valence-corrected chi connectivity index (χ0v) is 8.29. The molecule has 0 aliphatic carbocycles. The van der Waals surface area contributed by atoms with Crippen molar-refractivity contribution in [2.75, 3.05) is 0 Å². The van der Waals surface area contributed by atoms with Gasteiger partial charge in [-0.1, -0.05) is 18.2 Å². The minimum absolute atomic E-state index is 0.117. The Hall–Kier alpha value is -1.56. The van der Waals surface area contributed by atoms with Crippen molar-refractivity contribution < 1.29 is 18.0 Å². The van der Waals surface area contributed by atoms with Crippen molar-refractivity contribution in [3.05, 3.63) is 35.4 Å². The van der Waals surface area contributed by atoms with E-state index in [1.165, 1.54) is 18.2 Å². The number of nitrogens with two attached hydrogens (primary N) is 2. The Bertz CT molecular complexity index is 390. The van der Waals surface area contributed by atoms with Crippen LogP contribution in [0.1, 0.15) is 23.6 Å². The SMILES string of the molecule is NC(=O)C[C@@H](N)c1ccccc1C(F)(F)F. The largest absolute Gasteiger partial charge is 0.416 e. The molecule has 0 aromatic heterocycles. The number of primary amides is 1. The van der Waals surface area contributed by atoms with Crippen LogP contribution in [0.3, 0.4) is 0 Å². The molecule has 0 fully saturated rings. The minimum atomic E-state index is -4.48. The smallest absolute Gasteiger partial charge is 0.370 e. The second kappa shape index (κ2) is 4.52. The van der Waals surface area contributed by atoms with Gasteiger partial charge in [0, 0.05) is 12.5 Å². The van der Waals surface area contributed by atoms with Crippen LogP contribution in [-0.4, -0.2) is 5.91 Å². The molecule has 0 aliphatic heterocycles. The average Bonchev–Trinajstić information content (AvgIpc) is 2.15. The minimum Gasteiger partial charge on any atom is -0.370 e. The monoisotopic (exact) mass is 232 g/mol. The lowest BCUT2D eigenvalue weighted by Crippen LogP contribution is -2.23. The van der Waals surface area contributed by atoms with Gasteiger partial charge in [0.05, 0.1) is 5.56 Å². The highest BCUT2D eigenvalue weighted by Gasteiger charge is 2.34. The molecule has 0 bridgehead atoms. The summed E-state index contributed by atoms with van der Waals surface area (Å²) in [4.78, 5) is 10.6. The van der Waals surface area contributed by atoms with Gasteiger partial charge in [-0.05, 0) is 11.6 Å². The Morgan fingerprint density at radius 2 is 1.88 bits per heavy atom. The van der Waals surface area contributed by atoms with Crippen LogP contribution in [0.15, 0.2) is 24.3 Å². The molecule has 3 nitrogen and oxygen atoms in total. The summed E-state index contributed by atoms with van der Waals surface area (Å²) in [5, 5.41) is 0. The van der Waals surface area contributed by atoms with E-state index in [-0.39, 0.29) is 12.0 Å². The molecule has 1 atom stereocenters. The zero-order chi connectivity index (χ0) is 12.3. The van der Waals surface area contributed by atoms with E-state index in [1.807, 2.05) is 0 Å². The quantitative estimate of drug-likeness (QED) is 0.830. The third-order valence-electron chi connectivity index (χ3n) is 2.09. The molecule has 88 valence electrons.